The maximum absolute atomic E-state index is 5.79. The number of benzene rings is 1. The molecule has 19 heavy (non-hydrogen) atoms. The van der Waals surface area contributed by atoms with E-state index in [9.17, 15) is 0 Å². The predicted octanol–water partition coefficient (Wildman–Crippen LogP) is 4.25. The molecule has 1 aromatic heterocycles. The van der Waals surface area contributed by atoms with Crippen molar-refractivity contribution in [1.82, 2.24) is 9.97 Å². The zero-order valence-corrected chi connectivity index (χ0v) is 13.4. The van der Waals surface area contributed by atoms with Crippen molar-refractivity contribution in [2.24, 2.45) is 5.73 Å². The van der Waals surface area contributed by atoms with E-state index < -0.39 is 0 Å². The molecule has 3 nitrogen and oxygen atoms in total. The van der Waals surface area contributed by atoms with Crippen LogP contribution in [0.25, 0.3) is 11.0 Å². The molecule has 2 aromatic rings. The van der Waals surface area contributed by atoms with Crippen LogP contribution in [0, 0.1) is 6.92 Å². The van der Waals surface area contributed by atoms with Crippen molar-refractivity contribution in [1.29, 1.82) is 0 Å². The number of fused-ring (bicyclic) bond motifs is 1. The van der Waals surface area contributed by atoms with Crippen molar-refractivity contribution in [3.8, 4) is 0 Å². The van der Waals surface area contributed by atoms with Gasteiger partial charge in [0.15, 0.2) is 0 Å². The van der Waals surface area contributed by atoms with Gasteiger partial charge in [0.2, 0.25) is 0 Å². The maximum Gasteiger partial charge on any atom is 0.110 e. The number of rotatable bonds is 5. The van der Waals surface area contributed by atoms with Gasteiger partial charge < -0.3 is 10.7 Å². The van der Waals surface area contributed by atoms with E-state index in [0.29, 0.717) is 12.0 Å². The van der Waals surface area contributed by atoms with Crippen molar-refractivity contribution in [2.75, 3.05) is 0 Å². The van der Waals surface area contributed by atoms with Crippen LogP contribution < -0.4 is 5.73 Å². The summed E-state index contributed by atoms with van der Waals surface area (Å²) in [6.45, 7) is 6.38. The van der Waals surface area contributed by atoms with Gasteiger partial charge in [-0.05, 0) is 44.4 Å². The lowest BCUT2D eigenvalue weighted by Crippen LogP contribution is -2.14. The number of aryl methyl sites for hydroxylation is 1. The van der Waals surface area contributed by atoms with Gasteiger partial charge in [0.05, 0.1) is 11.0 Å². The highest BCUT2D eigenvalue weighted by molar-refractivity contribution is 9.10. The van der Waals surface area contributed by atoms with Crippen LogP contribution in [0.4, 0.5) is 0 Å². The Labute approximate surface area is 123 Å². The molecule has 3 N–H and O–H groups in total. The third kappa shape index (κ3) is 3.57. The summed E-state index contributed by atoms with van der Waals surface area (Å²) in [5, 5.41) is 0. The molecule has 0 fully saturated rings. The fourth-order valence-electron chi connectivity index (χ4n) is 2.38. The van der Waals surface area contributed by atoms with Crippen LogP contribution in [0.3, 0.4) is 0 Å². The van der Waals surface area contributed by atoms with Gasteiger partial charge in [-0.15, -0.1) is 0 Å². The van der Waals surface area contributed by atoms with Gasteiger partial charge in [0.25, 0.3) is 0 Å². The lowest BCUT2D eigenvalue weighted by atomic mass is 10.0. The second kappa shape index (κ2) is 6.06. The monoisotopic (exact) mass is 323 g/mol. The molecule has 0 saturated carbocycles. The Morgan fingerprint density at radius 3 is 2.74 bits per heavy atom. The number of hydrogen-bond donors (Lipinski definition) is 2. The molecule has 0 bridgehead atoms. The Hall–Kier alpha value is -0.870. The number of hydrogen-bond acceptors (Lipinski definition) is 2. The zero-order chi connectivity index (χ0) is 14.0. The smallest absolute Gasteiger partial charge is 0.110 e. The Bertz CT molecular complexity index is 560. The number of aromatic nitrogens is 2. The molecule has 0 amide bonds. The maximum atomic E-state index is 5.79. The van der Waals surface area contributed by atoms with Crippen LogP contribution in [0.2, 0.25) is 0 Å². The van der Waals surface area contributed by atoms with Crippen molar-refractivity contribution in [3.05, 3.63) is 28.0 Å². The second-order valence-corrected chi connectivity index (χ2v) is 6.47. The molecular formula is C15H22BrN3. The molecule has 0 spiro atoms. The second-order valence-electron chi connectivity index (χ2n) is 5.55. The highest BCUT2D eigenvalue weighted by atomic mass is 79.9. The number of H-pyrrole nitrogens is 1. The third-order valence-electron chi connectivity index (χ3n) is 3.52. The van der Waals surface area contributed by atoms with Crippen molar-refractivity contribution in [2.45, 2.75) is 52.0 Å². The van der Waals surface area contributed by atoms with E-state index in [4.69, 9.17) is 10.7 Å². The number of aromatic amines is 1. The molecule has 0 radical (unpaired) electrons. The first-order valence-corrected chi connectivity index (χ1v) is 7.68. The van der Waals surface area contributed by atoms with E-state index in [-0.39, 0.29) is 0 Å². The molecule has 0 aliphatic carbocycles. The van der Waals surface area contributed by atoms with Gasteiger partial charge in [-0.1, -0.05) is 29.3 Å². The third-order valence-corrected chi connectivity index (χ3v) is 3.98. The standard InChI is InChI=1S/C15H22BrN3/c1-9(5-4-6-11(3)17)15-18-13-8-12(16)7-10(2)14(13)19-15/h7-9,11H,4-6,17H2,1-3H3,(H,18,19). The van der Waals surface area contributed by atoms with Gasteiger partial charge in [-0.25, -0.2) is 4.98 Å². The Kier molecular flexibility index (Phi) is 4.63. The minimum Gasteiger partial charge on any atom is -0.342 e. The van der Waals surface area contributed by atoms with Gasteiger partial charge in [0.1, 0.15) is 5.82 Å². The quantitative estimate of drug-likeness (QED) is 0.863. The first kappa shape index (κ1) is 14.5. The molecule has 0 aliphatic rings. The largest absolute Gasteiger partial charge is 0.342 e. The average Bonchev–Trinajstić information content (AvgIpc) is 2.72. The van der Waals surface area contributed by atoms with Crippen molar-refractivity contribution >= 4 is 27.0 Å². The number of nitrogens with two attached hydrogens (primary N) is 1. The van der Waals surface area contributed by atoms with Gasteiger partial charge in [-0.3, -0.25) is 0 Å². The SMILES string of the molecule is Cc1cc(Br)cc2[nH]c(C(C)CCCC(C)N)nc12. The Morgan fingerprint density at radius 1 is 1.32 bits per heavy atom. The molecule has 0 saturated heterocycles. The summed E-state index contributed by atoms with van der Waals surface area (Å²) in [7, 11) is 0. The lowest BCUT2D eigenvalue weighted by molar-refractivity contribution is 0.546. The summed E-state index contributed by atoms with van der Waals surface area (Å²) < 4.78 is 1.09. The minimum absolute atomic E-state index is 0.293. The van der Waals surface area contributed by atoms with E-state index in [2.05, 4.69) is 53.8 Å². The Morgan fingerprint density at radius 2 is 2.05 bits per heavy atom. The molecule has 104 valence electrons. The summed E-state index contributed by atoms with van der Waals surface area (Å²) in [4.78, 5) is 8.19. The molecule has 1 heterocycles. The van der Waals surface area contributed by atoms with Crippen LogP contribution in [0.1, 0.15) is 50.4 Å². The normalized spacial score (nSPS) is 14.8. The molecule has 1 aromatic carbocycles. The van der Waals surface area contributed by atoms with E-state index in [1.807, 2.05) is 0 Å². The summed E-state index contributed by atoms with van der Waals surface area (Å²) in [6.07, 6.45) is 3.36. The van der Waals surface area contributed by atoms with E-state index >= 15 is 0 Å². The lowest BCUT2D eigenvalue weighted by Gasteiger charge is -2.09. The average molecular weight is 324 g/mol. The fraction of sp³-hybridized carbons (Fsp3) is 0.533. The fourth-order valence-corrected chi connectivity index (χ4v) is 2.95. The Balaban J connectivity index is 2.14. The van der Waals surface area contributed by atoms with E-state index in [1.165, 1.54) is 5.56 Å². The van der Waals surface area contributed by atoms with Gasteiger partial charge in [0, 0.05) is 16.4 Å². The first-order chi connectivity index (χ1) is 8.97. The molecule has 0 aliphatic heterocycles. The molecule has 2 atom stereocenters. The van der Waals surface area contributed by atoms with E-state index in [0.717, 1.165) is 40.6 Å². The molecular weight excluding hydrogens is 302 g/mol. The minimum atomic E-state index is 0.293. The highest BCUT2D eigenvalue weighted by Gasteiger charge is 2.12. The summed E-state index contributed by atoms with van der Waals surface area (Å²) >= 11 is 3.53. The van der Waals surface area contributed by atoms with Crippen molar-refractivity contribution in [3.63, 3.8) is 0 Å². The van der Waals surface area contributed by atoms with Crippen LogP contribution in [0.15, 0.2) is 16.6 Å². The molecule has 2 unspecified atom stereocenters. The summed E-state index contributed by atoms with van der Waals surface area (Å²) in [5.41, 5.74) is 9.18. The van der Waals surface area contributed by atoms with Gasteiger partial charge >= 0.3 is 0 Å². The number of imidazole rings is 1. The number of nitrogens with one attached hydrogen (secondary N) is 1. The number of halogens is 1. The van der Waals surface area contributed by atoms with E-state index in [1.54, 1.807) is 0 Å². The number of nitrogens with zero attached hydrogens (tertiary/aromatic N) is 1. The van der Waals surface area contributed by atoms with Gasteiger partial charge in [-0.2, -0.15) is 0 Å². The van der Waals surface area contributed by atoms with Crippen molar-refractivity contribution < 1.29 is 0 Å². The molecule has 2 rings (SSSR count). The highest BCUT2D eigenvalue weighted by Crippen LogP contribution is 2.26. The van der Waals surface area contributed by atoms with Crippen LogP contribution in [-0.2, 0) is 0 Å². The predicted molar refractivity (Wildman–Crippen MR) is 84.4 cm³/mol. The van der Waals surface area contributed by atoms with Crippen LogP contribution in [0.5, 0.6) is 0 Å². The topological polar surface area (TPSA) is 54.7 Å². The van der Waals surface area contributed by atoms with Crippen LogP contribution >= 0.6 is 15.9 Å². The zero-order valence-electron chi connectivity index (χ0n) is 11.8. The van der Waals surface area contributed by atoms with Crippen LogP contribution in [-0.4, -0.2) is 16.0 Å². The molecule has 4 heteroatoms. The summed E-state index contributed by atoms with van der Waals surface area (Å²) in [6, 6.07) is 4.49. The first-order valence-electron chi connectivity index (χ1n) is 6.88. The summed E-state index contributed by atoms with van der Waals surface area (Å²) in [5.74, 6) is 1.53.